The highest BCUT2D eigenvalue weighted by molar-refractivity contribution is 7.30. The number of hydrogen-bond donors (Lipinski definition) is 0. The molecule has 5 aromatic heterocycles. The number of unbranched alkanes of at least 4 members (excludes halogenated alkanes) is 12. The third-order valence-corrected chi connectivity index (χ3v) is 27.8. The van der Waals surface area contributed by atoms with E-state index in [1.165, 1.54) is 44.9 Å². The van der Waals surface area contributed by atoms with Crippen LogP contribution in [0.4, 0.5) is 17.6 Å². The fraction of sp³-hybridized carbons (Fsp3) is 0.277. The molecule has 0 radical (unpaired) electrons. The van der Waals surface area contributed by atoms with E-state index in [0.29, 0.717) is 20.8 Å². The number of Topliss-reactive ketones (excluding diaryl/α,β-unsaturated/α-hetero) is 2. The van der Waals surface area contributed by atoms with E-state index in [2.05, 4.69) is 147 Å². The molecule has 0 unspecified atom stereocenters. The minimum Gasteiger partial charge on any atom is -0.289 e. The lowest BCUT2D eigenvalue weighted by atomic mass is 9.66. The van der Waals surface area contributed by atoms with E-state index in [-0.39, 0.29) is 44.5 Å². The van der Waals surface area contributed by atoms with Crippen molar-refractivity contribution in [3.63, 3.8) is 0 Å². The molecule has 12 aromatic rings. The molecule has 0 atom stereocenters. The van der Waals surface area contributed by atoms with E-state index in [1.54, 1.807) is 34.8 Å². The van der Waals surface area contributed by atoms with Crippen molar-refractivity contribution in [2.24, 2.45) is 0 Å². The van der Waals surface area contributed by atoms with E-state index < -0.39 is 57.1 Å². The fourth-order valence-electron chi connectivity index (χ4n) is 17.6. The molecule has 0 fully saturated rings. The van der Waals surface area contributed by atoms with Crippen molar-refractivity contribution in [3.8, 4) is 31.6 Å². The topological polar surface area (TPSA) is 129 Å². The lowest BCUT2D eigenvalue weighted by molar-refractivity contribution is 0.103. The fourth-order valence-corrected chi connectivity index (χ4v) is 23.0. The molecule has 0 aliphatic heterocycles. The van der Waals surface area contributed by atoms with Crippen LogP contribution in [0.5, 0.6) is 0 Å². The van der Waals surface area contributed by atoms with Gasteiger partial charge in [-0.05, 0) is 177 Å². The maximum absolute atomic E-state index is 15.4. The molecule has 5 heterocycles. The molecule has 111 heavy (non-hydrogen) atoms. The number of hydrogen-bond acceptors (Lipinski definition) is 11. The monoisotopic (exact) mass is 1540 g/mol. The van der Waals surface area contributed by atoms with Crippen LogP contribution in [0.15, 0.2) is 161 Å². The van der Waals surface area contributed by atoms with Crippen LogP contribution >= 0.6 is 45.3 Å². The smallest absolute Gasteiger partial charge is 0.270 e. The quantitative estimate of drug-likeness (QED) is 0.0174. The molecular weight excluding hydrogens is 1470 g/mol. The Hall–Kier alpha value is -10.8. The van der Waals surface area contributed by atoms with Crippen molar-refractivity contribution in [1.29, 1.82) is 10.5 Å². The highest BCUT2D eigenvalue weighted by Crippen LogP contribution is 2.69. The van der Waals surface area contributed by atoms with Gasteiger partial charge in [-0.1, -0.05) is 202 Å². The first-order valence-corrected chi connectivity index (χ1v) is 41.9. The predicted molar refractivity (Wildman–Crippen MR) is 440 cm³/mol. The molecule has 4 aliphatic carbocycles. The van der Waals surface area contributed by atoms with Crippen molar-refractivity contribution in [2.75, 3.05) is 0 Å². The van der Waals surface area contributed by atoms with Gasteiger partial charge in [-0.2, -0.15) is 0 Å². The zero-order valence-electron chi connectivity index (χ0n) is 62.1. The summed E-state index contributed by atoms with van der Waals surface area (Å²) in [5.41, 5.74) is 10.1. The molecule has 0 saturated heterocycles. The van der Waals surface area contributed by atoms with Gasteiger partial charge in [0.25, 0.3) is 11.4 Å². The van der Waals surface area contributed by atoms with Crippen LogP contribution in [-0.4, -0.2) is 21.9 Å². The zero-order valence-corrected chi connectivity index (χ0v) is 65.3. The number of carbonyl (C=O) groups excluding carboxylic acids is 2. The summed E-state index contributed by atoms with van der Waals surface area (Å²) in [7, 11) is 0. The number of benzene rings is 7. The van der Waals surface area contributed by atoms with Gasteiger partial charge in [0.05, 0.1) is 60.3 Å². The first kappa shape index (κ1) is 74.3. The van der Waals surface area contributed by atoms with E-state index in [9.17, 15) is 20.1 Å². The number of thiophene rings is 4. The largest absolute Gasteiger partial charge is 0.289 e. The third kappa shape index (κ3) is 12.4. The van der Waals surface area contributed by atoms with Gasteiger partial charge in [0.15, 0.2) is 40.4 Å². The Bertz CT molecular complexity index is 5970. The second kappa shape index (κ2) is 30.8. The number of allylic oxidation sites excluding steroid dienone is 6. The second-order valence-electron chi connectivity index (χ2n) is 29.6. The average Bonchev–Trinajstić information content (AvgIpc) is 1.49. The molecule has 0 spiro atoms. The Morgan fingerprint density at radius 3 is 1.11 bits per heavy atom. The number of rotatable bonds is 26. The van der Waals surface area contributed by atoms with E-state index in [0.717, 1.165) is 237 Å². The number of nitrogens with zero attached hydrogens (tertiary/aromatic N) is 6. The molecular formula is C94H76F4N6O3S4. The highest BCUT2D eigenvalue weighted by Gasteiger charge is 2.54. The van der Waals surface area contributed by atoms with Gasteiger partial charge in [0.1, 0.15) is 5.52 Å². The number of fused-ring (bicyclic) bond motifs is 16. The van der Waals surface area contributed by atoms with Gasteiger partial charge in [0.2, 0.25) is 0 Å². The molecule has 17 heteroatoms. The Balaban J connectivity index is 1.01. The van der Waals surface area contributed by atoms with Crippen LogP contribution in [0.2, 0.25) is 0 Å². The SMILES string of the molecule is [C-]#[N+]/C(C#N)=C1\C(=C\c2cc3c(s2)-c2sc4c(c2C3(c2ccc(CCCCCC)cc2)c2ccc(CCCCCC)cc2)c2nonc2c2sc3c(c24)C(c2ccc(CCCCCC)cc2)(c2ccc(CCCCCC)cc2)c2cc(/C=C4\C(=O)c5cc(F)c(F)cc5\C4=C(\C#N)[N+]#[C-])sc2-3)C(=O)c2cc(F)c(F)cc21. The lowest BCUT2D eigenvalue weighted by Gasteiger charge is -2.34. The van der Waals surface area contributed by atoms with Crippen LogP contribution in [-0.2, 0) is 36.5 Å². The molecule has 0 N–H and O–H groups in total. The van der Waals surface area contributed by atoms with E-state index in [1.807, 2.05) is 12.1 Å². The number of ketones is 2. The van der Waals surface area contributed by atoms with E-state index in [4.69, 9.17) is 28.1 Å². The standard InChI is InChI=1S/C94H76F4N6O3S4/c1-7-11-15-19-23-53-27-35-57(36-28-53)93(58-37-29-54(30-38-58)24-20-16-12-8-2)69-45-61(43-67-77(75(51-99)101-5)63-47-71(95)73(97)49-65(63)85(67)105)108-87(69)91-81(93)79-83-84(104-107-103-83)90-80(89(79)110-91)82-92(111-90)88-70(46-62(109-88)44-68-78(76(52-100)102-6)64-48-72(96)74(98)50-66(64)86(68)106)94(82,59-39-31-55(32-40-59)25-21-17-13-9-3)60-41-33-56(34-42-60)26-22-18-14-10-4/h27-50H,7-26H2,1-4H3/b67-43-,68-44-,77-75-,78-76+. The lowest BCUT2D eigenvalue weighted by Crippen LogP contribution is -2.29. The Morgan fingerprint density at radius 1 is 0.432 bits per heavy atom. The van der Waals surface area contributed by atoms with Crippen molar-refractivity contribution in [2.45, 2.75) is 167 Å². The maximum atomic E-state index is 15.4. The minimum atomic E-state index is -1.22. The maximum Gasteiger partial charge on any atom is 0.270 e. The summed E-state index contributed by atoms with van der Waals surface area (Å²) in [5, 5.41) is 32.8. The van der Waals surface area contributed by atoms with Gasteiger partial charge in [-0.15, -0.1) is 45.3 Å². The van der Waals surface area contributed by atoms with Crippen molar-refractivity contribution < 1.29 is 31.8 Å². The van der Waals surface area contributed by atoms with Crippen molar-refractivity contribution in [3.05, 3.63) is 301 Å². The van der Waals surface area contributed by atoms with Crippen LogP contribution < -0.4 is 0 Å². The van der Waals surface area contributed by atoms with E-state index >= 15 is 17.6 Å². The summed E-state index contributed by atoms with van der Waals surface area (Å²) < 4.78 is 69.1. The molecule has 0 bridgehead atoms. The first-order valence-electron chi connectivity index (χ1n) is 38.6. The predicted octanol–water partition coefficient (Wildman–Crippen LogP) is 26.4. The average molecular weight is 1540 g/mol. The third-order valence-electron chi connectivity index (χ3n) is 22.9. The Labute approximate surface area is 658 Å². The normalized spacial score (nSPS) is 15.8. The summed E-state index contributed by atoms with van der Waals surface area (Å²) in [5.74, 6) is -6.14. The summed E-state index contributed by atoms with van der Waals surface area (Å²) in [6, 6.07) is 47.7. The number of nitriles is 2. The Morgan fingerprint density at radius 2 is 0.766 bits per heavy atom. The number of aromatic nitrogens is 2. The minimum absolute atomic E-state index is 0.0217. The van der Waals surface area contributed by atoms with Crippen molar-refractivity contribution >= 4 is 111 Å². The van der Waals surface area contributed by atoms with Gasteiger partial charge < -0.3 is 0 Å². The van der Waals surface area contributed by atoms with Crippen molar-refractivity contribution in [1.82, 2.24) is 10.3 Å². The number of aryl methyl sites for hydroxylation is 4. The molecule has 0 amide bonds. The summed E-state index contributed by atoms with van der Waals surface area (Å²) in [6.45, 7) is 25.2. The van der Waals surface area contributed by atoms with Crippen LogP contribution in [0.1, 0.15) is 239 Å². The van der Waals surface area contributed by atoms with Gasteiger partial charge >= 0.3 is 0 Å². The zero-order chi connectivity index (χ0) is 77.0. The first-order chi connectivity index (χ1) is 54.2. The van der Waals surface area contributed by atoms with Crippen LogP contribution in [0.3, 0.4) is 0 Å². The van der Waals surface area contributed by atoms with Crippen LogP contribution in [0.25, 0.3) is 83.7 Å². The summed E-state index contributed by atoms with van der Waals surface area (Å²) in [6.07, 6.45) is 24.4. The summed E-state index contributed by atoms with van der Waals surface area (Å²) >= 11 is 6.18. The van der Waals surface area contributed by atoms with Gasteiger partial charge in [-0.25, -0.2) is 42.4 Å². The number of halogens is 4. The van der Waals surface area contributed by atoms with Crippen LogP contribution in [0, 0.1) is 59.1 Å². The molecule has 0 saturated carbocycles. The molecule has 552 valence electrons. The molecule has 7 aromatic carbocycles. The molecule has 16 rings (SSSR count). The summed E-state index contributed by atoms with van der Waals surface area (Å²) in [4.78, 5) is 41.7. The number of carbonyl (C=O) groups is 2. The molecule has 4 aliphatic rings. The molecule has 9 nitrogen and oxygen atoms in total. The van der Waals surface area contributed by atoms with Gasteiger partial charge in [-0.3, -0.25) is 9.59 Å². The second-order valence-corrected chi connectivity index (χ2v) is 33.8. The van der Waals surface area contributed by atoms with Gasteiger partial charge in [0, 0.05) is 69.8 Å². The highest BCUT2D eigenvalue weighted by atomic mass is 32.1. The Kier molecular flexibility index (Phi) is 20.7.